The zero-order valence-corrected chi connectivity index (χ0v) is 62.0. The molecule has 9 N–H and O–H groups in total. The summed E-state index contributed by atoms with van der Waals surface area (Å²) in [6.45, 7) is 20.2. The molecule has 5 heterocycles. The predicted octanol–water partition coefficient (Wildman–Crippen LogP) is 8.52. The number of nitrogens with zero attached hydrogens (tertiary/aromatic N) is 4. The van der Waals surface area contributed by atoms with Crippen LogP contribution in [0.25, 0.3) is 31.2 Å². The van der Waals surface area contributed by atoms with Crippen LogP contribution in [0.3, 0.4) is 0 Å². The first-order chi connectivity index (χ1) is 49.2. The Labute approximate surface area is 608 Å². The lowest BCUT2D eigenvalue weighted by molar-refractivity contribution is -0.923. The molecule has 4 aliphatic rings. The van der Waals surface area contributed by atoms with Crippen LogP contribution < -0.4 is 42.1 Å². The van der Waals surface area contributed by atoms with E-state index in [0.717, 1.165) is 29.2 Å². The number of phenolic OH excluding ortho intramolecular Hbond substituents is 1. The molecular weight excluding hydrogens is 1350 g/mol. The van der Waals surface area contributed by atoms with Crippen LogP contribution in [0.2, 0.25) is 0 Å². The molecule has 4 aromatic carbocycles. The Balaban J connectivity index is 0.932. The maximum Gasteiger partial charge on any atom is 0.312 e. The third-order valence-electron chi connectivity index (χ3n) is 20.6. The van der Waals surface area contributed by atoms with Gasteiger partial charge >= 0.3 is 17.8 Å². The lowest BCUT2D eigenvalue weighted by atomic mass is 9.78. The molecule has 1 fully saturated rings. The van der Waals surface area contributed by atoms with Crippen LogP contribution >= 0.6 is 11.3 Å². The van der Waals surface area contributed by atoms with E-state index < -0.39 is 107 Å². The normalized spacial score (nSPS) is 24.7. The molecule has 11 atom stereocenters. The first-order valence-corrected chi connectivity index (χ1v) is 36.3. The molecule has 0 spiro atoms. The van der Waals surface area contributed by atoms with Gasteiger partial charge in [0.2, 0.25) is 11.8 Å². The molecule has 7 amide bonds. The number of anilines is 3. The number of piperazine rings is 1. The number of nitrogens with two attached hydrogens (primary N) is 1. The number of likely N-dealkylation sites (N-methyl/N-ethyl adjacent to an activating group) is 1. The number of primary amides is 1. The number of aromatic nitrogens is 1. The number of ketones is 2. The molecule has 0 radical (unpaired) electrons. The summed E-state index contributed by atoms with van der Waals surface area (Å²) in [6.07, 6.45) is 8.17. The van der Waals surface area contributed by atoms with Gasteiger partial charge in [-0.05, 0) is 81.9 Å². The number of aliphatic hydroxyl groups is 2. The highest BCUT2D eigenvalue weighted by Crippen LogP contribution is 2.50. The highest BCUT2D eigenvalue weighted by molar-refractivity contribution is 7.25. The Morgan fingerprint density at radius 3 is 2.24 bits per heavy atom. The van der Waals surface area contributed by atoms with Crippen LogP contribution in [-0.4, -0.2) is 172 Å². The van der Waals surface area contributed by atoms with Gasteiger partial charge < -0.3 is 70.7 Å². The highest BCUT2D eigenvalue weighted by Gasteiger charge is 2.50. The van der Waals surface area contributed by atoms with Gasteiger partial charge in [-0.25, -0.2) is 9.78 Å². The first-order valence-electron chi connectivity index (χ1n) is 35.5. The Morgan fingerprint density at radius 1 is 0.894 bits per heavy atom. The minimum Gasteiger partial charge on any atom is -0.505 e. The van der Waals surface area contributed by atoms with E-state index in [1.807, 2.05) is 56.3 Å². The number of unbranched alkanes of at least 4 members (excludes halogenated alkanes) is 2. The monoisotopic (exact) mass is 1450 g/mol. The minimum atomic E-state index is -2.08. The Kier molecular flexibility index (Phi) is 25.4. The second-order valence-electron chi connectivity index (χ2n) is 28.8. The fraction of sp³-hybridized carbons (Fsp3) is 0.494. The number of benzene rings is 4. The average Bonchev–Trinajstić information content (AvgIpc) is 1.40. The zero-order valence-electron chi connectivity index (χ0n) is 61.2. The van der Waals surface area contributed by atoms with Crippen LogP contribution in [0.1, 0.15) is 129 Å². The van der Waals surface area contributed by atoms with E-state index in [9.17, 15) is 58.5 Å². The van der Waals surface area contributed by atoms with Crippen molar-refractivity contribution in [1.82, 2.24) is 20.5 Å². The standard InChI is InChI=1S/C77H97N9O17S/c1-41(2)63(82-57(89)21-14-13-15-32-85-58(90)28-29-59(85)91)54(88)38-50(20-17-31-79-76(78)99)75(98)80-51-24-22-49(23-25-51)40-86(11)35-33-84(34-36-86)52-26-27-53-56(39-52)104-72-64(81-53)60-61-68(94)47(8)71-62(60)73(96)77(10,103-71)101-37-30-55(100-12)44(5)70(102-48(9)87)46(7)67(93)45(6)66(92)42(3)18-16-19-43(4)74(97)83-65(72)69(61)95/h16,18-19,22-30,37,39,41-42,44-46,50,55,63,66-67,70,92-93H,13-15,17,20-21,31-36,38,40H2,1-12H3,(H6-,78,79,80,81,82,83,89,94,95,96,97,98,99)/p+1/b18-16+,37-30+,43-19-/t42-,44+,45+,46+,50+,55-,63-,66-,67+,70+,77-/m0/s1. The molecule has 104 heavy (non-hydrogen) atoms. The van der Waals surface area contributed by atoms with Crippen molar-refractivity contribution in [2.45, 2.75) is 157 Å². The zero-order chi connectivity index (χ0) is 75.8. The molecule has 0 unspecified atom stereocenters. The van der Waals surface area contributed by atoms with Gasteiger partial charge in [-0.1, -0.05) is 78.3 Å². The number of methoxy groups -OCH3 is 1. The molecular formula is C77H98N9O17S+. The highest BCUT2D eigenvalue weighted by atomic mass is 32.1. The lowest BCUT2D eigenvalue weighted by Gasteiger charge is -2.43. The van der Waals surface area contributed by atoms with Crippen molar-refractivity contribution in [3.05, 3.63) is 118 Å². The molecule has 0 aliphatic carbocycles. The number of fused-ring (bicyclic) bond motifs is 2. The van der Waals surface area contributed by atoms with Crippen LogP contribution in [0.15, 0.2) is 95.6 Å². The Hall–Kier alpha value is -9.41. The average molecular weight is 1450 g/mol. The third kappa shape index (κ3) is 17.9. The summed E-state index contributed by atoms with van der Waals surface area (Å²) in [5.41, 5.74) is 7.68. The number of urea groups is 1. The number of rotatable bonds is 22. The van der Waals surface area contributed by atoms with E-state index in [1.54, 1.807) is 46.8 Å². The van der Waals surface area contributed by atoms with Gasteiger partial charge in [0.15, 0.2) is 17.0 Å². The molecule has 0 saturated carbocycles. The third-order valence-corrected chi connectivity index (χ3v) is 21.8. The molecule has 26 nitrogen and oxygen atoms in total. The number of hydrogen-bond acceptors (Lipinski definition) is 20. The summed E-state index contributed by atoms with van der Waals surface area (Å²) in [4.78, 5) is 142. The maximum atomic E-state index is 15.1. The van der Waals surface area contributed by atoms with Crippen LogP contribution in [0.5, 0.6) is 11.5 Å². The molecule has 1 aromatic heterocycles. The number of nitrogens with one attached hydrogen (secondary N) is 4. The Bertz CT molecular complexity index is 4310. The number of aromatic hydroxyl groups is 1. The molecule has 1 saturated heterocycles. The van der Waals surface area contributed by atoms with Crippen molar-refractivity contribution in [2.75, 3.05) is 69.0 Å². The van der Waals surface area contributed by atoms with Gasteiger partial charge in [0, 0.05) is 122 Å². The number of phenols is 1. The van der Waals surface area contributed by atoms with E-state index >= 15 is 4.79 Å². The number of ether oxygens (including phenoxy) is 4. The second kappa shape index (κ2) is 33.6. The van der Waals surface area contributed by atoms with Crippen molar-refractivity contribution >= 4 is 113 Å². The van der Waals surface area contributed by atoms with E-state index in [4.69, 9.17) is 29.7 Å². The fourth-order valence-corrected chi connectivity index (χ4v) is 15.4. The summed E-state index contributed by atoms with van der Waals surface area (Å²) in [5.74, 6) is -10.1. The van der Waals surface area contributed by atoms with Crippen molar-refractivity contribution in [3.63, 3.8) is 0 Å². The first kappa shape index (κ1) is 78.7. The number of carbonyl (C=O) groups excluding carboxylic acids is 9. The van der Waals surface area contributed by atoms with Gasteiger partial charge in [0.1, 0.15) is 24.1 Å². The van der Waals surface area contributed by atoms with E-state index in [1.165, 1.54) is 69.8 Å². The van der Waals surface area contributed by atoms with Crippen LogP contribution in [-0.2, 0) is 54.3 Å². The minimum absolute atomic E-state index is 0.000898. The van der Waals surface area contributed by atoms with E-state index in [2.05, 4.69) is 33.2 Å². The predicted molar refractivity (Wildman–Crippen MR) is 395 cm³/mol. The SMILES string of the molecule is CO[C@H]1/C=C/O[C@@]2(C)Oc3c(C)c(=O)c4c(O)c(c5sc6cc(N7CC[N+](C)(Cc8ccc(NC(=O)[C@H](CCCNC(N)=O)CC(=O)[C@@H](NC(=O)CCCCCN9C(=O)C=CC9=O)C(C)C)cc8)CC7)ccc6nc5c4c3C2=O)NC(=O)/C(C)=C\C=C\[C@H](C)[C@H](O)[C@@H](C)[C@@H](O)[C@@H](C)[C@H](OC(C)=O)[C@@H]1C. The van der Waals surface area contributed by atoms with Crippen LogP contribution in [0.4, 0.5) is 21.9 Å². The second-order valence-corrected chi connectivity index (χ2v) is 29.9. The smallest absolute Gasteiger partial charge is 0.312 e. The molecule has 5 aromatic rings. The molecule has 558 valence electrons. The molecule has 4 aliphatic heterocycles. The van der Waals surface area contributed by atoms with E-state index in [-0.39, 0.29) is 111 Å². The van der Waals surface area contributed by atoms with Crippen molar-refractivity contribution < 1.29 is 81.9 Å². The van der Waals surface area contributed by atoms with Gasteiger partial charge in [-0.3, -0.25) is 48.1 Å². The fourth-order valence-electron chi connectivity index (χ4n) is 14.2. The van der Waals surface area contributed by atoms with Crippen LogP contribution in [0, 0.1) is 42.4 Å². The number of aliphatic hydroxyl groups excluding tert-OH is 2. The summed E-state index contributed by atoms with van der Waals surface area (Å²) < 4.78 is 25.8. The topological polar surface area (TPSA) is 362 Å². The van der Waals surface area contributed by atoms with Crippen molar-refractivity contribution in [1.29, 1.82) is 0 Å². The number of carbonyl (C=O) groups is 9. The largest absolute Gasteiger partial charge is 0.505 e. The summed E-state index contributed by atoms with van der Waals surface area (Å²) >= 11 is 1.20. The van der Waals surface area contributed by atoms with Crippen molar-refractivity contribution in [2.24, 2.45) is 41.2 Å². The van der Waals surface area contributed by atoms with Gasteiger partial charge in [-0.15, -0.1) is 11.3 Å². The number of imide groups is 1. The van der Waals surface area contributed by atoms with E-state index in [0.29, 0.717) is 65.7 Å². The number of esters is 1. The molecule has 27 heteroatoms. The number of amides is 7. The maximum absolute atomic E-state index is 15.1. The quantitative estimate of drug-likeness (QED) is 0.00612. The summed E-state index contributed by atoms with van der Waals surface area (Å²) in [5, 5.41) is 46.9. The number of Topliss-reactive ketones (excluding diaryl/α,β-unsaturated/α-hetero) is 2. The van der Waals surface area contributed by atoms with Gasteiger partial charge in [-0.2, -0.15) is 0 Å². The number of allylic oxidation sites excluding steroid dienone is 2. The van der Waals surface area contributed by atoms with Crippen molar-refractivity contribution in [3.8, 4) is 11.5 Å². The van der Waals surface area contributed by atoms with Gasteiger partial charge in [0.05, 0.1) is 95.2 Å². The number of quaternary nitrogens is 1. The lowest BCUT2D eigenvalue weighted by Crippen LogP contribution is -2.56. The number of hydrogen-bond donors (Lipinski definition) is 8. The van der Waals surface area contributed by atoms with Gasteiger partial charge in [0.25, 0.3) is 23.5 Å². The molecule has 4 bridgehead atoms. The summed E-state index contributed by atoms with van der Waals surface area (Å²) in [6, 6.07) is 11.8. The molecule has 9 rings (SSSR count). The summed E-state index contributed by atoms with van der Waals surface area (Å²) in [7, 11) is 3.63. The Morgan fingerprint density at radius 2 is 1.59 bits per heavy atom.